The number of hydrogen-bond acceptors (Lipinski definition) is 1. The fourth-order valence-electron chi connectivity index (χ4n) is 8.74. The molecule has 3 nitrogen and oxygen atoms in total. The van der Waals surface area contributed by atoms with Gasteiger partial charge in [0.1, 0.15) is 21.4 Å². The molecule has 7 aromatic carbocycles. The van der Waals surface area contributed by atoms with Gasteiger partial charge in [-0.15, -0.1) is 0 Å². The molecule has 9 aromatic rings. The van der Waals surface area contributed by atoms with Gasteiger partial charge in [-0.1, -0.05) is 109 Å². The number of ether oxygens (including phenoxy) is 1. The van der Waals surface area contributed by atoms with E-state index < -0.39 is 5.40 Å². The minimum absolute atomic E-state index is 0.603. The summed E-state index contributed by atoms with van der Waals surface area (Å²) in [5, 5.41) is 2.19. The maximum absolute atomic E-state index is 6.62. The van der Waals surface area contributed by atoms with Gasteiger partial charge in [-0.2, -0.15) is 0 Å². The Morgan fingerprint density at radius 1 is 0.611 bits per heavy atom. The van der Waals surface area contributed by atoms with E-state index >= 15 is 0 Å². The van der Waals surface area contributed by atoms with E-state index in [0.717, 1.165) is 52.0 Å². The van der Waals surface area contributed by atoms with Crippen molar-refractivity contribution in [1.29, 1.82) is 0 Å². The fourth-order valence-corrected chi connectivity index (χ4v) is 8.74. The van der Waals surface area contributed by atoms with Crippen molar-refractivity contribution in [2.75, 3.05) is 0 Å². The summed E-state index contributed by atoms with van der Waals surface area (Å²) in [5.74, 6) is 0.603. The summed E-state index contributed by atoms with van der Waals surface area (Å²) < 4.78 is 10.9. The Bertz CT molecular complexity index is 2990. The Hall–Kier alpha value is -6.63. The molecule has 0 saturated heterocycles. The molecule has 248 valence electrons. The lowest BCUT2D eigenvalue weighted by Gasteiger charge is -2.36. The van der Waals surface area contributed by atoms with E-state index in [1.165, 1.54) is 55.1 Å². The second-order valence-electron chi connectivity index (χ2n) is 14.3. The first-order valence-corrected chi connectivity index (χ1v) is 18.4. The molecular weight excluding hydrogens is 654 g/mol. The molecule has 2 aliphatic rings. The Morgan fingerprint density at radius 3 is 2.17 bits per heavy atom. The van der Waals surface area contributed by atoms with Crippen molar-refractivity contribution in [3.8, 4) is 50.5 Å². The number of benzene rings is 6. The molecule has 0 unspecified atom stereocenters. The molecule has 0 fully saturated rings. The predicted octanol–water partition coefficient (Wildman–Crippen LogP) is 11.1. The van der Waals surface area contributed by atoms with Gasteiger partial charge in [0.25, 0.3) is 0 Å². The fraction of sp³-hybridized carbons (Fsp3) is 0.0612. The van der Waals surface area contributed by atoms with Crippen molar-refractivity contribution in [3.05, 3.63) is 181 Å². The Labute approximate surface area is 316 Å². The van der Waals surface area contributed by atoms with Gasteiger partial charge in [0.05, 0.1) is 33.2 Å². The van der Waals surface area contributed by atoms with Gasteiger partial charge in [0.2, 0.25) is 0 Å². The van der Waals surface area contributed by atoms with Crippen LogP contribution in [0.3, 0.4) is 0 Å². The van der Waals surface area contributed by atoms with Gasteiger partial charge >= 0.3 is 0 Å². The van der Waals surface area contributed by atoms with Crippen molar-refractivity contribution in [2.24, 2.45) is 0 Å². The SMILES string of the molecule is [B]C1([B])Oc2ccc#cc2-c2c(-n3c4c(c5cc(-c6ccc7c8cc(-c9ccccc9)ccc8n(-c8ccccc8)c7c6)ccc53)C=CCC4)cccc21. The molecule has 4 radical (unpaired) electrons. The average Bonchev–Trinajstić information content (AvgIpc) is 3.73. The van der Waals surface area contributed by atoms with Crippen LogP contribution in [-0.2, 0) is 11.8 Å². The van der Waals surface area contributed by atoms with Crippen LogP contribution in [-0.4, -0.2) is 24.8 Å². The summed E-state index contributed by atoms with van der Waals surface area (Å²) in [4.78, 5) is 0. The van der Waals surface area contributed by atoms with Gasteiger partial charge in [-0.25, -0.2) is 0 Å². The second kappa shape index (κ2) is 11.7. The van der Waals surface area contributed by atoms with Crippen molar-refractivity contribution in [2.45, 2.75) is 18.2 Å². The van der Waals surface area contributed by atoms with E-state index in [1.54, 1.807) is 6.07 Å². The molecule has 2 aromatic heterocycles. The molecule has 3 heterocycles. The van der Waals surface area contributed by atoms with E-state index in [4.69, 9.17) is 20.4 Å². The molecule has 1 aliphatic heterocycles. The minimum Gasteiger partial charge on any atom is -0.501 e. The molecule has 0 bridgehead atoms. The molecule has 0 amide bonds. The van der Waals surface area contributed by atoms with Gasteiger partial charge in [-0.05, 0) is 101 Å². The number of para-hydroxylation sites is 1. The molecule has 1 aliphatic carbocycles. The topological polar surface area (TPSA) is 19.1 Å². The largest absolute Gasteiger partial charge is 0.501 e. The summed E-state index contributed by atoms with van der Waals surface area (Å²) in [6.45, 7) is 0. The van der Waals surface area contributed by atoms with E-state index in [2.05, 4.69) is 155 Å². The van der Waals surface area contributed by atoms with Crippen LogP contribution in [0, 0.1) is 12.1 Å². The third kappa shape index (κ3) is 4.60. The van der Waals surface area contributed by atoms with Crippen LogP contribution in [0.1, 0.15) is 23.2 Å². The Balaban J connectivity index is 1.11. The first-order valence-electron chi connectivity index (χ1n) is 18.4. The summed E-state index contributed by atoms with van der Waals surface area (Å²) in [5.41, 5.74) is 15.4. The van der Waals surface area contributed by atoms with Crippen molar-refractivity contribution >= 4 is 54.5 Å². The lowest BCUT2D eigenvalue weighted by atomic mass is 9.58. The van der Waals surface area contributed by atoms with E-state index in [1.807, 2.05) is 18.2 Å². The van der Waals surface area contributed by atoms with Gasteiger partial charge in [0, 0.05) is 38.7 Å². The predicted molar refractivity (Wildman–Crippen MR) is 223 cm³/mol. The molecular formula is C49H30B2N2O. The number of hydrogen-bond donors (Lipinski definition) is 0. The van der Waals surface area contributed by atoms with Crippen LogP contribution < -0.4 is 4.74 Å². The van der Waals surface area contributed by atoms with Gasteiger partial charge in [-0.3, -0.25) is 0 Å². The lowest BCUT2D eigenvalue weighted by Crippen LogP contribution is -2.37. The quantitative estimate of drug-likeness (QED) is 0.169. The van der Waals surface area contributed by atoms with Crippen LogP contribution in [0.4, 0.5) is 0 Å². The highest BCUT2D eigenvalue weighted by molar-refractivity contribution is 6.40. The summed E-state index contributed by atoms with van der Waals surface area (Å²) in [6, 6.07) is 58.1. The molecule has 0 saturated carbocycles. The van der Waals surface area contributed by atoms with Crippen molar-refractivity contribution < 1.29 is 4.74 Å². The maximum Gasteiger partial charge on any atom is 0.135 e. The highest BCUT2D eigenvalue weighted by Gasteiger charge is 2.34. The molecule has 0 N–H and O–H groups in total. The third-order valence-corrected chi connectivity index (χ3v) is 11.2. The standard InChI is InChI=1S/C49H30B2N2O/c50-49(51)41-18-11-20-45(48(41)38-17-8-10-21-47(38)54-49)53-42-19-9-7-16-36(42)39-29-33(24-27-44(39)53)34-22-25-37-40-28-32(31-12-3-1-4-13-31)23-26-43(40)52(46(37)30-34)35-14-5-2-6-15-35/h1-7,10-16,18,20-30H,9,19H2. The minimum atomic E-state index is -1.48. The smallest absolute Gasteiger partial charge is 0.135 e. The highest BCUT2D eigenvalue weighted by Crippen LogP contribution is 2.47. The zero-order valence-electron chi connectivity index (χ0n) is 29.4. The van der Waals surface area contributed by atoms with E-state index in [9.17, 15) is 0 Å². The number of allylic oxidation sites excluding steroid dienone is 1. The van der Waals surface area contributed by atoms with Crippen molar-refractivity contribution in [1.82, 2.24) is 9.13 Å². The summed E-state index contributed by atoms with van der Waals surface area (Å²) in [7, 11) is 13.2. The zero-order chi connectivity index (χ0) is 36.0. The molecule has 54 heavy (non-hydrogen) atoms. The maximum atomic E-state index is 6.62. The van der Waals surface area contributed by atoms with Crippen LogP contribution in [0.15, 0.2) is 152 Å². The monoisotopic (exact) mass is 684 g/mol. The molecule has 11 rings (SSSR count). The second-order valence-corrected chi connectivity index (χ2v) is 14.3. The molecule has 0 atom stereocenters. The average molecular weight is 684 g/mol. The van der Waals surface area contributed by atoms with Crippen molar-refractivity contribution in [3.63, 3.8) is 0 Å². The number of fused-ring (bicyclic) bond motifs is 9. The first kappa shape index (κ1) is 30.9. The molecule has 0 spiro atoms. The first-order chi connectivity index (χ1) is 26.5. The third-order valence-electron chi connectivity index (χ3n) is 11.2. The summed E-state index contributed by atoms with van der Waals surface area (Å²) in [6.07, 6.45) is 6.45. The van der Waals surface area contributed by atoms with E-state index in [0.29, 0.717) is 5.75 Å². The number of rotatable bonds is 4. The lowest BCUT2D eigenvalue weighted by molar-refractivity contribution is 0.241. The van der Waals surface area contributed by atoms with Crippen LogP contribution in [0.5, 0.6) is 5.75 Å². The van der Waals surface area contributed by atoms with Crippen LogP contribution >= 0.6 is 0 Å². The highest BCUT2D eigenvalue weighted by atomic mass is 16.5. The molecule has 5 heteroatoms. The zero-order valence-corrected chi connectivity index (χ0v) is 29.4. The summed E-state index contributed by atoms with van der Waals surface area (Å²) >= 11 is 0. The Morgan fingerprint density at radius 2 is 1.33 bits per heavy atom. The van der Waals surface area contributed by atoms with Gasteiger partial charge < -0.3 is 13.9 Å². The number of nitrogens with zero attached hydrogens (tertiary/aromatic N) is 2. The van der Waals surface area contributed by atoms with Crippen LogP contribution in [0.2, 0.25) is 0 Å². The number of aromatic nitrogens is 2. The van der Waals surface area contributed by atoms with Gasteiger partial charge in [0.15, 0.2) is 0 Å². The normalized spacial score (nSPS) is 14.0. The Kier molecular flexibility index (Phi) is 6.70. The van der Waals surface area contributed by atoms with E-state index in [-0.39, 0.29) is 0 Å². The van der Waals surface area contributed by atoms with Crippen LogP contribution in [0.25, 0.3) is 83.5 Å².